The van der Waals surface area contributed by atoms with E-state index in [0.717, 1.165) is 21.6 Å². The molecule has 0 unspecified atom stereocenters. The Kier molecular flexibility index (Phi) is 6.02. The topological polar surface area (TPSA) is 99.2 Å². The zero-order valence-electron chi connectivity index (χ0n) is 17.5. The van der Waals surface area contributed by atoms with Crippen molar-refractivity contribution in [2.24, 2.45) is 0 Å². The normalized spacial score (nSPS) is 11.5. The molecule has 2 aromatic carbocycles. The number of aryl methyl sites for hydroxylation is 2. The molecule has 3 rings (SSSR count). The quantitative estimate of drug-likeness (QED) is 0.577. The van der Waals surface area contributed by atoms with Gasteiger partial charge >= 0.3 is 11.7 Å². The Morgan fingerprint density at radius 3 is 2.27 bits per heavy atom. The summed E-state index contributed by atoms with van der Waals surface area (Å²) in [6.07, 6.45) is 1.99. The molecule has 0 saturated carbocycles. The first-order valence-electron chi connectivity index (χ1n) is 9.32. The molecule has 30 heavy (non-hydrogen) atoms. The Hall–Kier alpha value is -3.07. The second-order valence-corrected chi connectivity index (χ2v) is 8.38. The van der Waals surface area contributed by atoms with E-state index >= 15 is 0 Å². The molecule has 9 heteroatoms. The van der Waals surface area contributed by atoms with Gasteiger partial charge < -0.3 is 9.84 Å². The van der Waals surface area contributed by atoms with Gasteiger partial charge in [0.25, 0.3) is 0 Å². The maximum atomic E-state index is 12.7. The minimum Gasteiger partial charge on any atom is -0.478 e. The minimum absolute atomic E-state index is 0.242. The number of ether oxygens (including phenoxy) is 1. The average molecular weight is 429 g/mol. The lowest BCUT2D eigenvalue weighted by Crippen LogP contribution is -2.38. The first-order chi connectivity index (χ1) is 14.1. The van der Waals surface area contributed by atoms with Gasteiger partial charge in [-0.2, -0.15) is 9.36 Å². The van der Waals surface area contributed by atoms with Crippen molar-refractivity contribution >= 4 is 17.7 Å². The highest BCUT2D eigenvalue weighted by Crippen LogP contribution is 2.29. The minimum atomic E-state index is -1.34. The zero-order valence-corrected chi connectivity index (χ0v) is 18.4. The summed E-state index contributed by atoms with van der Waals surface area (Å²) in [5, 5.41) is 17.3. The number of tetrazole rings is 1. The van der Waals surface area contributed by atoms with E-state index in [-0.39, 0.29) is 12.2 Å². The van der Waals surface area contributed by atoms with Crippen LogP contribution in [0.25, 0.3) is 5.69 Å². The van der Waals surface area contributed by atoms with Gasteiger partial charge in [-0.05, 0) is 85.3 Å². The van der Waals surface area contributed by atoms with Crippen LogP contribution in [-0.2, 0) is 11.3 Å². The van der Waals surface area contributed by atoms with Crippen LogP contribution in [0.1, 0.15) is 30.5 Å². The second kappa shape index (κ2) is 8.35. The number of nitrogens with zero attached hydrogens (tertiary/aromatic N) is 4. The van der Waals surface area contributed by atoms with Crippen LogP contribution in [0.15, 0.2) is 46.1 Å². The monoisotopic (exact) mass is 428 g/mol. The lowest BCUT2D eigenvalue weighted by Gasteiger charge is -2.24. The molecule has 0 spiro atoms. The van der Waals surface area contributed by atoms with Crippen molar-refractivity contribution in [2.45, 2.75) is 44.7 Å². The Balaban J connectivity index is 1.86. The average Bonchev–Trinajstić information content (AvgIpc) is 3.05. The van der Waals surface area contributed by atoms with E-state index in [1.54, 1.807) is 11.8 Å². The number of carboxylic acid groups (broad SMARTS) is 1. The van der Waals surface area contributed by atoms with Crippen LogP contribution in [0, 0.1) is 13.8 Å². The molecular formula is C21H24N4O4S. The van der Waals surface area contributed by atoms with Crippen molar-refractivity contribution in [3.05, 3.63) is 63.6 Å². The van der Waals surface area contributed by atoms with Gasteiger partial charge in [-0.1, -0.05) is 12.1 Å². The number of hydrogen-bond donors (Lipinski definition) is 1. The fraction of sp³-hybridized carbons (Fsp3) is 0.333. The van der Waals surface area contributed by atoms with Gasteiger partial charge in [-0.25, -0.2) is 9.59 Å². The summed E-state index contributed by atoms with van der Waals surface area (Å²) in [6, 6.07) is 11.2. The van der Waals surface area contributed by atoms with Crippen LogP contribution >= 0.6 is 11.8 Å². The Bertz CT molecular complexity index is 1110. The predicted molar refractivity (Wildman–Crippen MR) is 115 cm³/mol. The van der Waals surface area contributed by atoms with E-state index in [2.05, 4.69) is 10.4 Å². The molecular weight excluding hydrogens is 404 g/mol. The number of thioether (sulfide) groups is 1. The van der Waals surface area contributed by atoms with Crippen LogP contribution in [-0.4, -0.2) is 42.7 Å². The van der Waals surface area contributed by atoms with E-state index in [0.29, 0.717) is 11.4 Å². The fourth-order valence-corrected chi connectivity index (χ4v) is 3.43. The summed E-state index contributed by atoms with van der Waals surface area (Å²) in [6.45, 7) is 6.94. The lowest BCUT2D eigenvalue weighted by molar-refractivity contribution is -0.152. The molecule has 0 amide bonds. The summed E-state index contributed by atoms with van der Waals surface area (Å²) >= 11 is 1.62. The van der Waals surface area contributed by atoms with Crippen LogP contribution < -0.4 is 10.4 Å². The van der Waals surface area contributed by atoms with E-state index < -0.39 is 11.6 Å². The molecule has 0 aliphatic heterocycles. The van der Waals surface area contributed by atoms with Gasteiger partial charge in [-0.3, -0.25) is 0 Å². The maximum Gasteiger partial charge on any atom is 0.368 e. The van der Waals surface area contributed by atoms with E-state index in [1.165, 1.54) is 23.2 Å². The highest BCUT2D eigenvalue weighted by molar-refractivity contribution is 7.98. The van der Waals surface area contributed by atoms with E-state index in [1.807, 2.05) is 56.5 Å². The molecule has 3 aromatic rings. The zero-order chi connectivity index (χ0) is 22.1. The van der Waals surface area contributed by atoms with Gasteiger partial charge in [0.1, 0.15) is 5.75 Å². The van der Waals surface area contributed by atoms with Crippen molar-refractivity contribution in [1.82, 2.24) is 19.8 Å². The number of hydrogen-bond acceptors (Lipinski definition) is 6. The highest BCUT2D eigenvalue weighted by atomic mass is 32.2. The largest absolute Gasteiger partial charge is 0.478 e. The van der Waals surface area contributed by atoms with E-state index in [4.69, 9.17) is 4.74 Å². The third-order valence-corrected chi connectivity index (χ3v) is 5.42. The van der Waals surface area contributed by atoms with Crippen LogP contribution in [0.2, 0.25) is 0 Å². The fourth-order valence-electron chi connectivity index (χ4n) is 3.02. The van der Waals surface area contributed by atoms with Gasteiger partial charge in [0.15, 0.2) is 5.60 Å². The number of rotatable bonds is 7. The van der Waals surface area contributed by atoms with E-state index in [9.17, 15) is 14.7 Å². The second-order valence-electron chi connectivity index (χ2n) is 7.51. The smallest absolute Gasteiger partial charge is 0.368 e. The van der Waals surface area contributed by atoms with Crippen molar-refractivity contribution in [3.63, 3.8) is 0 Å². The third-order valence-electron chi connectivity index (χ3n) is 4.68. The van der Waals surface area contributed by atoms with Crippen LogP contribution in [0.5, 0.6) is 5.75 Å². The molecule has 0 aliphatic rings. The predicted octanol–water partition coefficient (Wildman–Crippen LogP) is 3.06. The van der Waals surface area contributed by atoms with Crippen molar-refractivity contribution in [1.29, 1.82) is 0 Å². The lowest BCUT2D eigenvalue weighted by atomic mass is 10.0. The van der Waals surface area contributed by atoms with Gasteiger partial charge in [0.2, 0.25) is 0 Å². The first kappa shape index (κ1) is 21.6. The summed E-state index contributed by atoms with van der Waals surface area (Å²) in [5.74, 6) is -0.518. The van der Waals surface area contributed by atoms with Crippen molar-refractivity contribution < 1.29 is 14.6 Å². The molecule has 0 atom stereocenters. The standard InChI is InChI=1S/C21H24N4O4S/c1-13-10-15(11-14(2)18(13)29-21(3,4)19(26)27)12-24-20(28)25(23-22-24)16-6-8-17(30-5)9-7-16/h6-11H,12H2,1-5H3,(H,26,27). The molecule has 0 radical (unpaired) electrons. The number of carboxylic acids is 1. The maximum absolute atomic E-state index is 12.7. The summed E-state index contributed by atoms with van der Waals surface area (Å²) in [7, 11) is 0. The molecule has 0 aliphatic carbocycles. The SMILES string of the molecule is CSc1ccc(-n2nnn(Cc3cc(C)c(OC(C)(C)C(=O)O)c(C)c3)c2=O)cc1. The molecule has 1 aromatic heterocycles. The van der Waals surface area contributed by atoms with Gasteiger partial charge in [0, 0.05) is 4.90 Å². The summed E-state index contributed by atoms with van der Waals surface area (Å²) in [4.78, 5) is 25.2. The first-order valence-corrected chi connectivity index (χ1v) is 10.5. The highest BCUT2D eigenvalue weighted by Gasteiger charge is 2.30. The molecule has 0 saturated heterocycles. The van der Waals surface area contributed by atoms with Crippen LogP contribution in [0.4, 0.5) is 0 Å². The third kappa shape index (κ3) is 4.40. The molecule has 1 N–H and O–H groups in total. The molecule has 8 nitrogen and oxygen atoms in total. The number of aliphatic carboxylic acids is 1. The Morgan fingerprint density at radius 2 is 1.73 bits per heavy atom. The molecule has 1 heterocycles. The molecule has 0 bridgehead atoms. The number of aromatic nitrogens is 4. The number of carbonyl (C=O) groups is 1. The number of benzene rings is 2. The Labute approximate surface area is 178 Å². The van der Waals surface area contributed by atoms with Crippen molar-refractivity contribution in [3.8, 4) is 11.4 Å². The van der Waals surface area contributed by atoms with Crippen LogP contribution in [0.3, 0.4) is 0 Å². The van der Waals surface area contributed by atoms with Gasteiger partial charge in [-0.15, -0.1) is 11.8 Å². The van der Waals surface area contributed by atoms with Crippen molar-refractivity contribution in [2.75, 3.05) is 6.26 Å². The summed E-state index contributed by atoms with van der Waals surface area (Å²) in [5.41, 5.74) is 1.38. The molecule has 158 valence electrons. The molecule has 0 fully saturated rings. The Morgan fingerprint density at radius 1 is 1.13 bits per heavy atom. The summed E-state index contributed by atoms with van der Waals surface area (Å²) < 4.78 is 8.28. The van der Waals surface area contributed by atoms with Gasteiger partial charge in [0.05, 0.1) is 12.2 Å².